The smallest absolute Gasteiger partial charge is 0.120 e. The molecule has 0 aromatic heterocycles. The Balaban J connectivity index is 2.74. The van der Waals surface area contributed by atoms with Gasteiger partial charge in [0.15, 0.2) is 0 Å². The summed E-state index contributed by atoms with van der Waals surface area (Å²) >= 11 is 0. The molecule has 0 aliphatic carbocycles. The van der Waals surface area contributed by atoms with Crippen LogP contribution in [0.4, 0.5) is 0 Å². The largest absolute Gasteiger partial charge is 0.508 e. The molecule has 0 radical (unpaired) electrons. The number of aromatic hydroxyl groups is 2. The van der Waals surface area contributed by atoms with Crippen LogP contribution < -0.4 is 5.32 Å². The first-order chi connectivity index (χ1) is 8.08. The van der Waals surface area contributed by atoms with Crippen molar-refractivity contribution in [3.05, 3.63) is 23.8 Å². The standard InChI is InChI=1S/C14H23NO2/c1-4-6-11(5-2)15-10(3)13-9-12(16)7-8-14(13)17/h7-11,15-17H,4-6H2,1-3H3. The van der Waals surface area contributed by atoms with Crippen LogP contribution in [0.3, 0.4) is 0 Å². The molecular formula is C14H23NO2. The zero-order valence-electron chi connectivity index (χ0n) is 10.9. The van der Waals surface area contributed by atoms with Gasteiger partial charge < -0.3 is 15.5 Å². The molecule has 0 aliphatic rings. The molecule has 0 aliphatic heterocycles. The van der Waals surface area contributed by atoms with Crippen LogP contribution in [0.1, 0.15) is 51.6 Å². The number of phenolic OH excluding ortho intramolecular Hbond substituents is 2. The summed E-state index contributed by atoms with van der Waals surface area (Å²) in [5, 5.41) is 22.7. The third-order valence-corrected chi connectivity index (χ3v) is 3.09. The van der Waals surface area contributed by atoms with E-state index in [2.05, 4.69) is 19.2 Å². The van der Waals surface area contributed by atoms with E-state index >= 15 is 0 Å². The van der Waals surface area contributed by atoms with Gasteiger partial charge in [0.25, 0.3) is 0 Å². The zero-order chi connectivity index (χ0) is 12.8. The van der Waals surface area contributed by atoms with E-state index in [9.17, 15) is 10.2 Å². The summed E-state index contributed by atoms with van der Waals surface area (Å²) in [5.74, 6) is 0.421. The topological polar surface area (TPSA) is 52.5 Å². The molecule has 0 amide bonds. The van der Waals surface area contributed by atoms with Gasteiger partial charge in [-0.25, -0.2) is 0 Å². The van der Waals surface area contributed by atoms with E-state index in [1.165, 1.54) is 12.1 Å². The van der Waals surface area contributed by atoms with Crippen molar-refractivity contribution in [3.8, 4) is 11.5 Å². The summed E-state index contributed by atoms with van der Waals surface area (Å²) in [4.78, 5) is 0. The fraction of sp³-hybridized carbons (Fsp3) is 0.571. The van der Waals surface area contributed by atoms with Gasteiger partial charge in [-0.05, 0) is 38.0 Å². The van der Waals surface area contributed by atoms with Crippen LogP contribution in [-0.4, -0.2) is 16.3 Å². The number of rotatable bonds is 6. The summed E-state index contributed by atoms with van der Waals surface area (Å²) in [5.41, 5.74) is 0.750. The molecular weight excluding hydrogens is 214 g/mol. The van der Waals surface area contributed by atoms with Crippen molar-refractivity contribution in [1.82, 2.24) is 5.32 Å². The minimum Gasteiger partial charge on any atom is -0.508 e. The average molecular weight is 237 g/mol. The number of hydrogen-bond donors (Lipinski definition) is 3. The normalized spacial score (nSPS) is 14.5. The van der Waals surface area contributed by atoms with Crippen molar-refractivity contribution >= 4 is 0 Å². The molecule has 0 saturated carbocycles. The summed E-state index contributed by atoms with van der Waals surface area (Å²) in [6.07, 6.45) is 3.34. The van der Waals surface area contributed by atoms with Crippen LogP contribution in [-0.2, 0) is 0 Å². The molecule has 0 heterocycles. The number of phenols is 2. The van der Waals surface area contributed by atoms with E-state index in [1.807, 2.05) is 6.92 Å². The predicted octanol–water partition coefficient (Wildman–Crippen LogP) is 3.33. The molecule has 1 rings (SSSR count). The van der Waals surface area contributed by atoms with Crippen molar-refractivity contribution in [2.24, 2.45) is 0 Å². The Kier molecular flexibility index (Phi) is 5.29. The quantitative estimate of drug-likeness (QED) is 0.665. The first-order valence-electron chi connectivity index (χ1n) is 6.36. The molecule has 17 heavy (non-hydrogen) atoms. The number of hydrogen-bond acceptors (Lipinski definition) is 3. The molecule has 0 bridgehead atoms. The van der Waals surface area contributed by atoms with Crippen molar-refractivity contribution in [3.63, 3.8) is 0 Å². The predicted molar refractivity (Wildman–Crippen MR) is 70.3 cm³/mol. The summed E-state index contributed by atoms with van der Waals surface area (Å²) < 4.78 is 0. The Bertz CT molecular complexity index is 352. The van der Waals surface area contributed by atoms with Crippen LogP contribution >= 0.6 is 0 Å². The van der Waals surface area contributed by atoms with Gasteiger partial charge in [-0.15, -0.1) is 0 Å². The lowest BCUT2D eigenvalue weighted by Gasteiger charge is -2.23. The molecule has 1 aromatic rings. The third-order valence-electron chi connectivity index (χ3n) is 3.09. The Hall–Kier alpha value is -1.22. The van der Waals surface area contributed by atoms with Gasteiger partial charge in [0.05, 0.1) is 0 Å². The summed E-state index contributed by atoms with van der Waals surface area (Å²) in [6, 6.07) is 5.14. The van der Waals surface area contributed by atoms with Crippen LogP contribution in [0.2, 0.25) is 0 Å². The Morgan fingerprint density at radius 3 is 2.53 bits per heavy atom. The molecule has 2 atom stereocenters. The Morgan fingerprint density at radius 2 is 1.94 bits per heavy atom. The van der Waals surface area contributed by atoms with E-state index in [-0.39, 0.29) is 17.5 Å². The number of benzene rings is 1. The van der Waals surface area contributed by atoms with Crippen LogP contribution in [0, 0.1) is 0 Å². The van der Waals surface area contributed by atoms with Gasteiger partial charge >= 0.3 is 0 Å². The van der Waals surface area contributed by atoms with Crippen molar-refractivity contribution in [2.45, 2.75) is 52.1 Å². The maximum atomic E-state index is 9.77. The first-order valence-corrected chi connectivity index (χ1v) is 6.36. The Morgan fingerprint density at radius 1 is 1.24 bits per heavy atom. The summed E-state index contributed by atoms with van der Waals surface area (Å²) in [6.45, 7) is 6.33. The van der Waals surface area contributed by atoms with Crippen molar-refractivity contribution < 1.29 is 10.2 Å². The van der Waals surface area contributed by atoms with Gasteiger partial charge in [0.1, 0.15) is 11.5 Å². The van der Waals surface area contributed by atoms with Gasteiger partial charge in [0.2, 0.25) is 0 Å². The number of nitrogens with one attached hydrogen (secondary N) is 1. The Labute approximate surface area is 103 Å². The highest BCUT2D eigenvalue weighted by Crippen LogP contribution is 2.28. The van der Waals surface area contributed by atoms with Crippen LogP contribution in [0.5, 0.6) is 11.5 Å². The lowest BCUT2D eigenvalue weighted by Crippen LogP contribution is -2.30. The highest BCUT2D eigenvalue weighted by molar-refractivity contribution is 5.40. The van der Waals surface area contributed by atoms with Gasteiger partial charge in [-0.2, -0.15) is 0 Å². The second kappa shape index (κ2) is 6.50. The molecule has 3 nitrogen and oxygen atoms in total. The maximum Gasteiger partial charge on any atom is 0.120 e. The van der Waals surface area contributed by atoms with Crippen molar-refractivity contribution in [1.29, 1.82) is 0 Å². The molecule has 2 unspecified atom stereocenters. The lowest BCUT2D eigenvalue weighted by molar-refractivity contribution is 0.397. The van der Waals surface area contributed by atoms with Gasteiger partial charge in [-0.3, -0.25) is 0 Å². The molecule has 0 spiro atoms. The SMILES string of the molecule is CCCC(CC)NC(C)c1cc(O)ccc1O. The minimum atomic E-state index is 0.0404. The third kappa shape index (κ3) is 3.93. The lowest BCUT2D eigenvalue weighted by atomic mass is 10.0. The van der Waals surface area contributed by atoms with E-state index in [0.29, 0.717) is 6.04 Å². The van der Waals surface area contributed by atoms with E-state index in [0.717, 1.165) is 24.8 Å². The highest BCUT2D eigenvalue weighted by Gasteiger charge is 2.14. The maximum absolute atomic E-state index is 9.77. The monoisotopic (exact) mass is 237 g/mol. The molecule has 0 saturated heterocycles. The van der Waals surface area contributed by atoms with Crippen molar-refractivity contribution in [2.75, 3.05) is 0 Å². The first kappa shape index (κ1) is 13.8. The molecule has 3 heteroatoms. The van der Waals surface area contributed by atoms with Crippen LogP contribution in [0.25, 0.3) is 0 Å². The molecule has 3 N–H and O–H groups in total. The molecule has 1 aromatic carbocycles. The second-order valence-electron chi connectivity index (χ2n) is 4.53. The fourth-order valence-electron chi connectivity index (χ4n) is 2.09. The molecule has 0 fully saturated rings. The average Bonchev–Trinajstić information content (AvgIpc) is 2.31. The van der Waals surface area contributed by atoms with E-state index in [1.54, 1.807) is 6.07 Å². The molecule has 96 valence electrons. The van der Waals surface area contributed by atoms with Gasteiger partial charge in [0, 0.05) is 17.6 Å². The van der Waals surface area contributed by atoms with E-state index in [4.69, 9.17) is 0 Å². The highest BCUT2D eigenvalue weighted by atomic mass is 16.3. The fourth-order valence-corrected chi connectivity index (χ4v) is 2.09. The van der Waals surface area contributed by atoms with Crippen LogP contribution in [0.15, 0.2) is 18.2 Å². The van der Waals surface area contributed by atoms with Gasteiger partial charge in [-0.1, -0.05) is 20.3 Å². The summed E-state index contributed by atoms with van der Waals surface area (Å²) in [7, 11) is 0. The minimum absolute atomic E-state index is 0.0404. The second-order valence-corrected chi connectivity index (χ2v) is 4.53. The zero-order valence-corrected chi connectivity index (χ0v) is 10.9. The van der Waals surface area contributed by atoms with E-state index < -0.39 is 0 Å².